The second kappa shape index (κ2) is 9.94. The normalized spacial score (nSPS) is 16.5. The van der Waals surface area contributed by atoms with Gasteiger partial charge in [0.25, 0.3) is 0 Å². The lowest BCUT2D eigenvalue weighted by Crippen LogP contribution is -2.28. The lowest BCUT2D eigenvalue weighted by molar-refractivity contribution is 0.411. The molecular formula is C25H28ClN7O3S. The molecule has 0 N–H and O–H groups in total. The number of nitrogens with zero attached hydrogens (tertiary/aromatic N) is 7. The molecule has 37 heavy (non-hydrogen) atoms. The van der Waals surface area contributed by atoms with Crippen LogP contribution in [0.15, 0.2) is 41.4 Å². The van der Waals surface area contributed by atoms with Crippen LogP contribution in [0.4, 0.5) is 0 Å². The van der Waals surface area contributed by atoms with Crippen LogP contribution < -0.4 is 0 Å². The van der Waals surface area contributed by atoms with Gasteiger partial charge in [-0.1, -0.05) is 29.7 Å². The Kier molecular flexibility index (Phi) is 6.84. The van der Waals surface area contributed by atoms with Crippen LogP contribution >= 0.6 is 11.6 Å². The average Bonchev–Trinajstić information content (AvgIpc) is 3.50. The van der Waals surface area contributed by atoms with Crippen molar-refractivity contribution in [3.63, 3.8) is 0 Å². The Balaban J connectivity index is 1.57. The van der Waals surface area contributed by atoms with Crippen molar-refractivity contribution in [3.05, 3.63) is 70.5 Å². The van der Waals surface area contributed by atoms with E-state index in [4.69, 9.17) is 16.1 Å². The third-order valence-corrected chi connectivity index (χ3v) is 9.38. The van der Waals surface area contributed by atoms with Crippen molar-refractivity contribution in [2.45, 2.75) is 63.5 Å². The van der Waals surface area contributed by atoms with E-state index in [-0.39, 0.29) is 17.7 Å². The van der Waals surface area contributed by atoms with Gasteiger partial charge in [0.2, 0.25) is 0 Å². The summed E-state index contributed by atoms with van der Waals surface area (Å²) in [5.74, 6) is 0.843. The summed E-state index contributed by atoms with van der Waals surface area (Å²) in [5, 5.41) is 12.6. The Morgan fingerprint density at radius 3 is 2.49 bits per heavy atom. The fourth-order valence-corrected chi connectivity index (χ4v) is 6.21. The van der Waals surface area contributed by atoms with Crippen LogP contribution in [0.5, 0.6) is 0 Å². The molecular weight excluding hydrogens is 514 g/mol. The first-order chi connectivity index (χ1) is 17.7. The maximum absolute atomic E-state index is 13.7. The van der Waals surface area contributed by atoms with Gasteiger partial charge in [-0.25, -0.2) is 23.4 Å². The quantitative estimate of drug-likeness (QED) is 0.300. The summed E-state index contributed by atoms with van der Waals surface area (Å²) >= 11 is 5.91. The van der Waals surface area contributed by atoms with Gasteiger partial charge in [-0.15, -0.1) is 10.2 Å². The fourth-order valence-electron chi connectivity index (χ4n) is 4.55. The molecule has 3 atom stereocenters. The number of sulfone groups is 1. The highest BCUT2D eigenvalue weighted by Gasteiger charge is 2.40. The van der Waals surface area contributed by atoms with Gasteiger partial charge in [-0.05, 0) is 51.7 Å². The SMILES string of the molecule is Cc1cccc(-c2nnc(CS(=O)(=O)[C@@H](C)[C@H](C)c3ncc(Cl)cn3)n2[C@@H](c2conc2C)C2CC2)n1. The van der Waals surface area contributed by atoms with Crippen molar-refractivity contribution in [2.75, 3.05) is 0 Å². The number of hydrogen-bond donors (Lipinski definition) is 0. The molecule has 0 radical (unpaired) electrons. The molecule has 0 amide bonds. The van der Waals surface area contributed by atoms with Crippen LogP contribution in [0.3, 0.4) is 0 Å². The number of halogens is 1. The van der Waals surface area contributed by atoms with Crippen molar-refractivity contribution in [1.82, 2.24) is 34.9 Å². The van der Waals surface area contributed by atoms with Gasteiger partial charge in [0, 0.05) is 29.6 Å². The molecule has 0 aliphatic heterocycles. The van der Waals surface area contributed by atoms with Gasteiger partial charge in [-0.2, -0.15) is 0 Å². The Morgan fingerprint density at radius 1 is 1.14 bits per heavy atom. The molecule has 0 saturated heterocycles. The molecule has 4 heterocycles. The molecule has 10 nitrogen and oxygen atoms in total. The van der Waals surface area contributed by atoms with E-state index in [1.165, 1.54) is 12.4 Å². The van der Waals surface area contributed by atoms with Gasteiger partial charge in [-0.3, -0.25) is 0 Å². The van der Waals surface area contributed by atoms with Crippen molar-refractivity contribution < 1.29 is 12.9 Å². The van der Waals surface area contributed by atoms with Crippen molar-refractivity contribution in [1.29, 1.82) is 0 Å². The maximum atomic E-state index is 13.7. The van der Waals surface area contributed by atoms with Gasteiger partial charge in [0.1, 0.15) is 29.4 Å². The average molecular weight is 542 g/mol. The zero-order valence-electron chi connectivity index (χ0n) is 21.0. The van der Waals surface area contributed by atoms with Gasteiger partial charge >= 0.3 is 0 Å². The summed E-state index contributed by atoms with van der Waals surface area (Å²) in [6.07, 6.45) is 6.58. The topological polar surface area (TPSA) is 130 Å². The number of rotatable bonds is 9. The molecule has 12 heteroatoms. The van der Waals surface area contributed by atoms with E-state index in [0.29, 0.717) is 28.2 Å². The molecule has 0 unspecified atom stereocenters. The van der Waals surface area contributed by atoms with Crippen molar-refractivity contribution >= 4 is 21.4 Å². The molecule has 1 fully saturated rings. The highest BCUT2D eigenvalue weighted by atomic mass is 35.5. The van der Waals surface area contributed by atoms with E-state index in [9.17, 15) is 8.42 Å². The molecule has 1 aliphatic carbocycles. The minimum Gasteiger partial charge on any atom is -0.364 e. The lowest BCUT2D eigenvalue weighted by atomic mass is 10.0. The molecule has 0 aromatic carbocycles. The van der Waals surface area contributed by atoms with Crippen LogP contribution in [-0.4, -0.2) is 48.5 Å². The Labute approximate surface area is 220 Å². The molecule has 4 aromatic rings. The highest BCUT2D eigenvalue weighted by molar-refractivity contribution is 7.91. The summed E-state index contributed by atoms with van der Waals surface area (Å²) in [7, 11) is -3.68. The van der Waals surface area contributed by atoms with E-state index >= 15 is 0 Å². The second-order valence-electron chi connectivity index (χ2n) is 9.67. The highest BCUT2D eigenvalue weighted by Crippen LogP contribution is 2.46. The van der Waals surface area contributed by atoms with Gasteiger partial charge in [0.15, 0.2) is 15.7 Å². The first kappa shape index (κ1) is 25.5. The largest absolute Gasteiger partial charge is 0.364 e. The summed E-state index contributed by atoms with van der Waals surface area (Å²) in [5.41, 5.74) is 3.11. The Hall–Kier alpha value is -3.18. The number of aryl methyl sites for hydroxylation is 2. The second-order valence-corrected chi connectivity index (χ2v) is 12.5. The Morgan fingerprint density at radius 2 is 1.86 bits per heavy atom. The molecule has 5 rings (SSSR count). The van der Waals surface area contributed by atoms with E-state index in [2.05, 4.69) is 30.3 Å². The minimum absolute atomic E-state index is 0.212. The zero-order valence-corrected chi connectivity index (χ0v) is 22.6. The molecule has 1 saturated carbocycles. The summed E-state index contributed by atoms with van der Waals surface area (Å²) in [6.45, 7) is 7.26. The van der Waals surface area contributed by atoms with Crippen LogP contribution in [0.2, 0.25) is 5.02 Å². The van der Waals surface area contributed by atoms with Gasteiger partial charge < -0.3 is 9.09 Å². The standard InChI is InChI=1S/C25H28ClN7O3S/c1-14-6-5-7-21(29-14)25-31-30-22(33(25)23(18-8-9-18)20-12-36-32-16(20)3)13-37(34,35)17(4)15(2)24-27-10-19(26)11-28-24/h5-7,10-12,15,17-18,23H,8-9,13H2,1-4H3/t15-,17-,23+/m0/s1. The fraction of sp³-hybridized carbons (Fsp3) is 0.440. The van der Waals surface area contributed by atoms with Crippen LogP contribution in [0, 0.1) is 19.8 Å². The molecule has 0 bridgehead atoms. The zero-order chi connectivity index (χ0) is 26.3. The third kappa shape index (κ3) is 5.15. The number of pyridine rings is 1. The monoisotopic (exact) mass is 541 g/mol. The Bertz CT molecular complexity index is 1510. The van der Waals surface area contributed by atoms with E-state index in [0.717, 1.165) is 29.8 Å². The molecule has 194 valence electrons. The minimum atomic E-state index is -3.68. The van der Waals surface area contributed by atoms with E-state index in [1.54, 1.807) is 20.1 Å². The summed E-state index contributed by atoms with van der Waals surface area (Å²) in [6, 6.07) is 5.45. The lowest BCUT2D eigenvalue weighted by Gasteiger charge is -2.23. The van der Waals surface area contributed by atoms with Crippen LogP contribution in [0.1, 0.15) is 67.2 Å². The van der Waals surface area contributed by atoms with Gasteiger partial charge in [0.05, 0.1) is 22.0 Å². The summed E-state index contributed by atoms with van der Waals surface area (Å²) in [4.78, 5) is 13.1. The molecule has 0 spiro atoms. The van der Waals surface area contributed by atoms with Crippen LogP contribution in [0.25, 0.3) is 11.5 Å². The predicted molar refractivity (Wildman–Crippen MR) is 138 cm³/mol. The molecule has 4 aromatic heterocycles. The first-order valence-corrected chi connectivity index (χ1v) is 14.2. The smallest absolute Gasteiger partial charge is 0.183 e. The summed E-state index contributed by atoms with van der Waals surface area (Å²) < 4.78 is 34.6. The maximum Gasteiger partial charge on any atom is 0.183 e. The third-order valence-electron chi connectivity index (χ3n) is 6.98. The predicted octanol–water partition coefficient (Wildman–Crippen LogP) is 4.49. The van der Waals surface area contributed by atoms with E-state index < -0.39 is 21.0 Å². The molecule has 1 aliphatic rings. The van der Waals surface area contributed by atoms with Crippen molar-refractivity contribution in [3.8, 4) is 11.5 Å². The van der Waals surface area contributed by atoms with Crippen molar-refractivity contribution in [2.24, 2.45) is 5.92 Å². The number of hydrogen-bond acceptors (Lipinski definition) is 9. The number of aromatic nitrogens is 7. The van der Waals surface area contributed by atoms with Crippen LogP contribution in [-0.2, 0) is 15.6 Å². The first-order valence-electron chi connectivity index (χ1n) is 12.1. The van der Waals surface area contributed by atoms with E-state index in [1.807, 2.05) is 36.6 Å².